The number of nitrogens with one attached hydrogen (secondary N) is 1. The first kappa shape index (κ1) is 21.7. The summed E-state index contributed by atoms with van der Waals surface area (Å²) in [5.74, 6) is 1.56. The van der Waals surface area contributed by atoms with Crippen molar-refractivity contribution < 1.29 is 9.47 Å². The average Bonchev–Trinajstić information content (AvgIpc) is 3.56. The third-order valence-electron chi connectivity index (χ3n) is 6.80. The minimum absolute atomic E-state index is 0.00781. The molecule has 0 spiro atoms. The van der Waals surface area contributed by atoms with Crippen LogP contribution >= 0.6 is 12.2 Å². The quantitative estimate of drug-likeness (QED) is 0.385. The van der Waals surface area contributed by atoms with Gasteiger partial charge in [-0.25, -0.2) is 0 Å². The van der Waals surface area contributed by atoms with Crippen molar-refractivity contribution in [3.05, 3.63) is 107 Å². The molecule has 0 unspecified atom stereocenters. The van der Waals surface area contributed by atoms with Gasteiger partial charge in [0.25, 0.3) is 0 Å². The van der Waals surface area contributed by atoms with E-state index >= 15 is 0 Å². The van der Waals surface area contributed by atoms with E-state index in [4.69, 9.17) is 21.7 Å². The highest BCUT2D eigenvalue weighted by atomic mass is 32.1. The Morgan fingerprint density at radius 2 is 1.77 bits per heavy atom. The molecule has 6 rings (SSSR count). The maximum absolute atomic E-state index is 5.87. The second-order valence-corrected chi connectivity index (χ2v) is 9.33. The molecule has 2 aliphatic rings. The smallest absolute Gasteiger partial charge is 0.231 e. The zero-order chi connectivity index (χ0) is 23.9. The van der Waals surface area contributed by atoms with E-state index in [0.29, 0.717) is 6.54 Å². The maximum Gasteiger partial charge on any atom is 0.231 e. The molecule has 35 heavy (non-hydrogen) atoms. The fourth-order valence-corrected chi connectivity index (χ4v) is 5.51. The summed E-state index contributed by atoms with van der Waals surface area (Å²) < 4.78 is 13.4. The molecule has 4 heterocycles. The number of fused-ring (bicyclic) bond motifs is 1. The largest absolute Gasteiger partial charge is 0.454 e. The van der Waals surface area contributed by atoms with E-state index in [9.17, 15) is 0 Å². The van der Waals surface area contributed by atoms with Crippen molar-refractivity contribution >= 4 is 17.3 Å². The first-order chi connectivity index (χ1) is 17.1. The summed E-state index contributed by atoms with van der Waals surface area (Å²) >= 11 is 5.87. The molecule has 7 heteroatoms. The normalized spacial score (nSPS) is 18.7. The number of benzene rings is 2. The number of thiocarbonyl (C=S) groups is 1. The molecule has 1 N–H and O–H groups in total. The Morgan fingerprint density at radius 3 is 2.57 bits per heavy atom. The van der Waals surface area contributed by atoms with Gasteiger partial charge >= 0.3 is 0 Å². The van der Waals surface area contributed by atoms with E-state index in [-0.39, 0.29) is 18.9 Å². The molecule has 0 radical (unpaired) electrons. The first-order valence-corrected chi connectivity index (χ1v) is 12.1. The molecule has 176 valence electrons. The van der Waals surface area contributed by atoms with Crippen molar-refractivity contribution in [3.8, 4) is 17.2 Å². The van der Waals surface area contributed by atoms with Crippen LogP contribution in [-0.4, -0.2) is 26.4 Å². The van der Waals surface area contributed by atoms with E-state index < -0.39 is 0 Å². The Balaban J connectivity index is 1.45. The van der Waals surface area contributed by atoms with Crippen molar-refractivity contribution in [2.45, 2.75) is 32.5 Å². The number of aromatic nitrogens is 2. The summed E-state index contributed by atoms with van der Waals surface area (Å²) in [6, 6.07) is 24.8. The lowest BCUT2D eigenvalue weighted by Gasteiger charge is -2.28. The average molecular weight is 483 g/mol. The van der Waals surface area contributed by atoms with Crippen LogP contribution in [0.15, 0.2) is 79.0 Å². The van der Waals surface area contributed by atoms with Crippen LogP contribution in [0.25, 0.3) is 5.69 Å². The van der Waals surface area contributed by atoms with Crippen molar-refractivity contribution in [2.24, 2.45) is 0 Å². The Labute approximate surface area is 210 Å². The number of pyridine rings is 1. The molecule has 6 nitrogen and oxygen atoms in total. The molecule has 2 aromatic heterocycles. The monoisotopic (exact) mass is 482 g/mol. The number of hydrogen-bond acceptors (Lipinski definition) is 4. The Bertz CT molecular complexity index is 1390. The predicted octanol–water partition coefficient (Wildman–Crippen LogP) is 5.39. The molecule has 2 aromatic carbocycles. The van der Waals surface area contributed by atoms with Crippen LogP contribution < -0.4 is 14.8 Å². The molecule has 2 aliphatic heterocycles. The van der Waals surface area contributed by atoms with Crippen LogP contribution in [0.5, 0.6) is 11.5 Å². The van der Waals surface area contributed by atoms with Crippen LogP contribution in [0, 0.1) is 13.8 Å². The Kier molecular flexibility index (Phi) is 5.41. The van der Waals surface area contributed by atoms with Crippen LogP contribution in [0.3, 0.4) is 0 Å². The van der Waals surface area contributed by atoms with Gasteiger partial charge in [-0.05, 0) is 67.5 Å². The number of aryl methyl sites for hydroxylation is 1. The number of hydrogen-bond donors (Lipinski definition) is 1. The van der Waals surface area contributed by atoms with Gasteiger partial charge in [0, 0.05) is 35.9 Å². The van der Waals surface area contributed by atoms with Crippen LogP contribution in [0.1, 0.15) is 40.3 Å². The number of ether oxygens (including phenoxy) is 2. The fourth-order valence-electron chi connectivity index (χ4n) is 5.20. The lowest BCUT2D eigenvalue weighted by atomic mass is 9.96. The van der Waals surface area contributed by atoms with E-state index in [2.05, 4.69) is 76.1 Å². The summed E-state index contributed by atoms with van der Waals surface area (Å²) in [6.45, 7) is 5.29. The number of rotatable bonds is 5. The minimum Gasteiger partial charge on any atom is -0.454 e. The van der Waals surface area contributed by atoms with Gasteiger partial charge in [0.15, 0.2) is 16.6 Å². The third kappa shape index (κ3) is 3.82. The molecule has 4 aromatic rings. The van der Waals surface area contributed by atoms with Gasteiger partial charge in [0.05, 0.1) is 17.8 Å². The second-order valence-electron chi connectivity index (χ2n) is 8.94. The van der Waals surface area contributed by atoms with Gasteiger partial charge < -0.3 is 24.3 Å². The van der Waals surface area contributed by atoms with E-state index in [1.807, 2.05) is 36.5 Å². The van der Waals surface area contributed by atoms with E-state index in [1.165, 1.54) is 11.1 Å². The molecule has 0 bridgehead atoms. The Morgan fingerprint density at radius 1 is 0.971 bits per heavy atom. The molecule has 0 aliphatic carbocycles. The molecule has 1 fully saturated rings. The molecular formula is C28H26N4O2S. The lowest BCUT2D eigenvalue weighted by Crippen LogP contribution is -2.29. The van der Waals surface area contributed by atoms with Crippen LogP contribution in [-0.2, 0) is 6.54 Å². The predicted molar refractivity (Wildman–Crippen MR) is 139 cm³/mol. The number of nitrogens with zero attached hydrogens (tertiary/aromatic N) is 3. The zero-order valence-corrected chi connectivity index (χ0v) is 20.5. The fraction of sp³-hybridized carbons (Fsp3) is 0.214. The van der Waals surface area contributed by atoms with Gasteiger partial charge in [0.1, 0.15) is 0 Å². The van der Waals surface area contributed by atoms with Gasteiger partial charge in [0.2, 0.25) is 6.79 Å². The summed E-state index contributed by atoms with van der Waals surface area (Å²) in [7, 11) is 0. The summed E-state index contributed by atoms with van der Waals surface area (Å²) in [4.78, 5) is 6.97. The maximum atomic E-state index is 5.87. The standard InChI is InChI=1S/C28H26N4O2S/c1-18-14-22(19(2)32(18)21-11-12-24-25(15-21)34-17-33-24)27-26(23-10-6-7-13-29-23)30-28(35)31(27)16-20-8-4-3-5-9-20/h3-15,26-27H,16-17H2,1-2H3,(H,30,35)/t26-,27-/m1/s1. The van der Waals surface area contributed by atoms with Crippen LogP contribution in [0.4, 0.5) is 0 Å². The summed E-state index contributed by atoms with van der Waals surface area (Å²) in [5, 5.41) is 4.31. The van der Waals surface area contributed by atoms with Crippen molar-refractivity contribution in [2.75, 3.05) is 6.79 Å². The topological polar surface area (TPSA) is 51.6 Å². The minimum atomic E-state index is -0.0573. The van der Waals surface area contributed by atoms with Gasteiger partial charge in [-0.2, -0.15) is 0 Å². The molecule has 2 atom stereocenters. The SMILES string of the molecule is Cc1cc([C@@H]2[C@@H](c3ccccn3)NC(=S)N2Cc2ccccc2)c(C)n1-c1ccc2c(c1)OCO2. The molecule has 0 amide bonds. The zero-order valence-electron chi connectivity index (χ0n) is 19.6. The highest BCUT2D eigenvalue weighted by Crippen LogP contribution is 2.43. The highest BCUT2D eigenvalue weighted by Gasteiger charge is 2.41. The van der Waals surface area contributed by atoms with Gasteiger partial charge in [-0.3, -0.25) is 4.98 Å². The molecule has 0 saturated carbocycles. The van der Waals surface area contributed by atoms with E-state index in [0.717, 1.165) is 39.4 Å². The molecular weight excluding hydrogens is 456 g/mol. The highest BCUT2D eigenvalue weighted by molar-refractivity contribution is 7.80. The summed E-state index contributed by atoms with van der Waals surface area (Å²) in [5.41, 5.74) is 6.77. The Hall–Kier alpha value is -3.84. The molecule has 1 saturated heterocycles. The van der Waals surface area contributed by atoms with Crippen molar-refractivity contribution in [1.29, 1.82) is 0 Å². The van der Waals surface area contributed by atoms with Crippen LogP contribution in [0.2, 0.25) is 0 Å². The third-order valence-corrected chi connectivity index (χ3v) is 7.15. The van der Waals surface area contributed by atoms with E-state index in [1.54, 1.807) is 0 Å². The van der Waals surface area contributed by atoms with Crippen molar-refractivity contribution in [1.82, 2.24) is 19.8 Å². The van der Waals surface area contributed by atoms with Crippen molar-refractivity contribution in [3.63, 3.8) is 0 Å². The first-order valence-electron chi connectivity index (χ1n) is 11.7. The van der Waals surface area contributed by atoms with Gasteiger partial charge in [-0.15, -0.1) is 0 Å². The van der Waals surface area contributed by atoms with Gasteiger partial charge in [-0.1, -0.05) is 36.4 Å². The lowest BCUT2D eigenvalue weighted by molar-refractivity contribution is 0.174. The summed E-state index contributed by atoms with van der Waals surface area (Å²) in [6.07, 6.45) is 1.84. The second kappa shape index (κ2) is 8.74.